The summed E-state index contributed by atoms with van der Waals surface area (Å²) in [4.78, 5) is 14.8. The van der Waals surface area contributed by atoms with Gasteiger partial charge in [0, 0.05) is 17.8 Å². The minimum Gasteiger partial charge on any atom is -0.481 e. The number of nitrogens with zero attached hydrogens (tertiary/aromatic N) is 1. The van der Waals surface area contributed by atoms with E-state index in [0.717, 1.165) is 11.3 Å². The number of oxazole rings is 1. The molecule has 2 heterocycles. The Morgan fingerprint density at radius 2 is 2.25 bits per heavy atom. The van der Waals surface area contributed by atoms with Crippen LogP contribution in [0.15, 0.2) is 33.3 Å². The van der Waals surface area contributed by atoms with E-state index in [9.17, 15) is 13.2 Å². The van der Waals surface area contributed by atoms with Crippen molar-refractivity contribution in [3.63, 3.8) is 0 Å². The van der Waals surface area contributed by atoms with Gasteiger partial charge < -0.3 is 9.52 Å². The lowest BCUT2D eigenvalue weighted by Crippen LogP contribution is -2.25. The molecule has 0 saturated carbocycles. The normalized spacial score (nSPS) is 11.6. The lowest BCUT2D eigenvalue weighted by Gasteiger charge is -2.02. The topological polar surface area (TPSA) is 110 Å². The molecular formula is C11H12N2O5S2. The van der Waals surface area contributed by atoms with Gasteiger partial charge in [-0.15, -0.1) is 11.3 Å². The van der Waals surface area contributed by atoms with Crippen LogP contribution in [0.25, 0.3) is 0 Å². The molecule has 2 aromatic heterocycles. The van der Waals surface area contributed by atoms with Crippen molar-refractivity contribution in [3.05, 3.63) is 35.4 Å². The molecule has 0 aliphatic carbocycles. The molecule has 2 rings (SSSR count). The molecule has 2 aromatic rings. The van der Waals surface area contributed by atoms with E-state index >= 15 is 0 Å². The molecule has 0 unspecified atom stereocenters. The summed E-state index contributed by atoms with van der Waals surface area (Å²) < 4.78 is 31.5. The van der Waals surface area contributed by atoms with Gasteiger partial charge in [-0.05, 0) is 12.1 Å². The summed E-state index contributed by atoms with van der Waals surface area (Å²) in [6, 6.07) is 2.91. The van der Waals surface area contributed by atoms with E-state index in [1.807, 2.05) is 0 Å². The highest BCUT2D eigenvalue weighted by atomic mass is 32.2. The third-order valence-corrected chi connectivity index (χ3v) is 5.41. The van der Waals surface area contributed by atoms with Crippen molar-refractivity contribution in [1.82, 2.24) is 9.71 Å². The minimum absolute atomic E-state index is 0.103. The Labute approximate surface area is 119 Å². The molecule has 2 N–H and O–H groups in total. The van der Waals surface area contributed by atoms with Crippen LogP contribution in [-0.2, 0) is 27.7 Å². The van der Waals surface area contributed by atoms with E-state index in [1.165, 1.54) is 24.7 Å². The third-order valence-electron chi connectivity index (χ3n) is 2.37. The summed E-state index contributed by atoms with van der Waals surface area (Å²) >= 11 is 0.949. The van der Waals surface area contributed by atoms with E-state index in [4.69, 9.17) is 9.52 Å². The molecule has 0 aromatic carbocycles. The Kier molecular flexibility index (Phi) is 4.53. The van der Waals surface area contributed by atoms with E-state index in [2.05, 4.69) is 9.71 Å². The lowest BCUT2D eigenvalue weighted by atomic mass is 10.3. The molecule has 20 heavy (non-hydrogen) atoms. The first-order valence-electron chi connectivity index (χ1n) is 5.65. The highest BCUT2D eigenvalue weighted by Crippen LogP contribution is 2.21. The Morgan fingerprint density at radius 1 is 1.45 bits per heavy atom. The second-order valence-corrected chi connectivity index (χ2v) is 7.07. The molecule has 0 amide bonds. The Bertz CT molecular complexity index is 675. The van der Waals surface area contributed by atoms with Crippen LogP contribution in [0.2, 0.25) is 0 Å². The van der Waals surface area contributed by atoms with Crippen LogP contribution < -0.4 is 4.72 Å². The second kappa shape index (κ2) is 6.16. The summed E-state index contributed by atoms with van der Waals surface area (Å²) in [6.07, 6.45) is 3.01. The van der Waals surface area contributed by atoms with Crippen LogP contribution in [0.3, 0.4) is 0 Å². The fourth-order valence-electron chi connectivity index (χ4n) is 1.49. The van der Waals surface area contributed by atoms with Crippen molar-refractivity contribution < 1.29 is 22.7 Å². The van der Waals surface area contributed by atoms with Crippen LogP contribution in [0.1, 0.15) is 10.6 Å². The fourth-order valence-corrected chi connectivity index (χ4v) is 3.92. The van der Waals surface area contributed by atoms with Gasteiger partial charge >= 0.3 is 5.97 Å². The maximum Gasteiger partial charge on any atom is 0.308 e. The number of carbonyl (C=O) groups is 1. The largest absolute Gasteiger partial charge is 0.481 e. The SMILES string of the molecule is O=C(O)Cc1ccc(S(=O)(=O)NCCc2cnco2)s1. The second-order valence-electron chi connectivity index (χ2n) is 3.91. The van der Waals surface area contributed by atoms with Gasteiger partial charge in [0.2, 0.25) is 10.0 Å². The molecule has 108 valence electrons. The van der Waals surface area contributed by atoms with Gasteiger partial charge in [0.1, 0.15) is 9.97 Å². The minimum atomic E-state index is -3.61. The Hall–Kier alpha value is -1.71. The smallest absolute Gasteiger partial charge is 0.308 e. The third kappa shape index (κ3) is 3.89. The molecule has 9 heteroatoms. The number of nitrogens with one attached hydrogen (secondary N) is 1. The van der Waals surface area contributed by atoms with Gasteiger partial charge in [-0.2, -0.15) is 0 Å². The first-order chi connectivity index (χ1) is 9.47. The standard InChI is InChI=1S/C11H12N2O5S2/c14-10(15)5-9-1-2-11(19-9)20(16,17)13-4-3-8-6-12-7-18-8/h1-2,6-7,13H,3-5H2,(H,14,15). The molecular weight excluding hydrogens is 304 g/mol. The molecule has 7 nitrogen and oxygen atoms in total. The highest BCUT2D eigenvalue weighted by Gasteiger charge is 2.17. The average molecular weight is 316 g/mol. The molecule has 0 bridgehead atoms. The van der Waals surface area contributed by atoms with Crippen molar-refractivity contribution in [1.29, 1.82) is 0 Å². The van der Waals surface area contributed by atoms with Gasteiger partial charge in [0.15, 0.2) is 6.39 Å². The lowest BCUT2D eigenvalue weighted by molar-refractivity contribution is -0.136. The maximum absolute atomic E-state index is 12.0. The number of aromatic nitrogens is 1. The molecule has 0 atom stereocenters. The van der Waals surface area contributed by atoms with Gasteiger partial charge in [0.05, 0.1) is 12.6 Å². The monoisotopic (exact) mass is 316 g/mol. The van der Waals surface area contributed by atoms with Crippen LogP contribution >= 0.6 is 11.3 Å². The zero-order chi connectivity index (χ0) is 14.6. The number of rotatable bonds is 7. The molecule has 0 aliphatic rings. The number of sulfonamides is 1. The zero-order valence-electron chi connectivity index (χ0n) is 10.3. The summed E-state index contributed by atoms with van der Waals surface area (Å²) in [5.74, 6) is -0.403. The number of carboxylic acids is 1. The van der Waals surface area contributed by atoms with Crippen molar-refractivity contribution in [2.24, 2.45) is 0 Å². The number of carboxylic acid groups (broad SMARTS) is 1. The number of hydrogen-bond donors (Lipinski definition) is 2. The number of aliphatic carboxylic acids is 1. The van der Waals surface area contributed by atoms with Crippen LogP contribution in [0, 0.1) is 0 Å². The Balaban J connectivity index is 1.95. The first kappa shape index (κ1) is 14.7. The Morgan fingerprint density at radius 3 is 2.90 bits per heavy atom. The van der Waals surface area contributed by atoms with Crippen LogP contribution in [0.5, 0.6) is 0 Å². The summed E-state index contributed by atoms with van der Waals surface area (Å²) in [5, 5.41) is 8.65. The van der Waals surface area contributed by atoms with Gasteiger partial charge in [0.25, 0.3) is 0 Å². The van der Waals surface area contributed by atoms with Crippen molar-refractivity contribution in [2.45, 2.75) is 17.1 Å². The van der Waals surface area contributed by atoms with Gasteiger partial charge in [-0.1, -0.05) is 0 Å². The summed E-state index contributed by atoms with van der Waals surface area (Å²) in [7, 11) is -3.61. The molecule has 0 aliphatic heterocycles. The first-order valence-corrected chi connectivity index (χ1v) is 7.95. The van der Waals surface area contributed by atoms with Crippen LogP contribution in [0.4, 0.5) is 0 Å². The van der Waals surface area contributed by atoms with Crippen molar-refractivity contribution >= 4 is 27.3 Å². The van der Waals surface area contributed by atoms with Crippen LogP contribution in [-0.4, -0.2) is 31.0 Å². The van der Waals surface area contributed by atoms with Gasteiger partial charge in [-0.3, -0.25) is 4.79 Å². The van der Waals surface area contributed by atoms with E-state index in [-0.39, 0.29) is 17.2 Å². The van der Waals surface area contributed by atoms with E-state index < -0.39 is 16.0 Å². The van der Waals surface area contributed by atoms with E-state index in [1.54, 1.807) is 0 Å². The number of hydrogen-bond acceptors (Lipinski definition) is 6. The zero-order valence-corrected chi connectivity index (χ0v) is 11.9. The molecule has 0 fully saturated rings. The summed E-state index contributed by atoms with van der Waals surface area (Å²) in [6.45, 7) is 0.184. The molecule has 0 radical (unpaired) electrons. The van der Waals surface area contributed by atoms with Gasteiger partial charge in [-0.25, -0.2) is 18.1 Å². The predicted molar refractivity (Wildman–Crippen MR) is 71.1 cm³/mol. The highest BCUT2D eigenvalue weighted by molar-refractivity contribution is 7.91. The molecule has 0 spiro atoms. The van der Waals surface area contributed by atoms with E-state index in [0.29, 0.717) is 17.1 Å². The quantitative estimate of drug-likeness (QED) is 0.785. The predicted octanol–water partition coefficient (Wildman–Crippen LogP) is 0.884. The summed E-state index contributed by atoms with van der Waals surface area (Å²) in [5.41, 5.74) is 0. The number of thiophene rings is 1. The average Bonchev–Trinajstić information content (AvgIpc) is 2.99. The molecule has 0 saturated heterocycles. The fraction of sp³-hybridized carbons (Fsp3) is 0.273. The maximum atomic E-state index is 12.0. The van der Waals surface area contributed by atoms with Crippen molar-refractivity contribution in [3.8, 4) is 0 Å². The van der Waals surface area contributed by atoms with Crippen molar-refractivity contribution in [2.75, 3.05) is 6.54 Å².